The maximum Gasteiger partial charge on any atom is 0.120 e. The van der Waals surface area contributed by atoms with Crippen molar-refractivity contribution in [1.29, 1.82) is 0 Å². The van der Waals surface area contributed by atoms with Gasteiger partial charge in [0.15, 0.2) is 0 Å². The smallest absolute Gasteiger partial charge is 0.120 e. The van der Waals surface area contributed by atoms with Gasteiger partial charge in [-0.05, 0) is 31.0 Å². The van der Waals surface area contributed by atoms with Crippen molar-refractivity contribution in [3.63, 3.8) is 0 Å². The molecule has 0 amide bonds. The Balaban J connectivity index is 2.13. The van der Waals surface area contributed by atoms with Crippen molar-refractivity contribution in [1.82, 2.24) is 0 Å². The molecule has 1 atom stereocenters. The molecular weight excluding hydrogens is 208 g/mol. The second kappa shape index (κ2) is 4.35. The van der Waals surface area contributed by atoms with E-state index < -0.39 is 10.8 Å². The van der Waals surface area contributed by atoms with Crippen LogP contribution >= 0.6 is 0 Å². The number of hydrogen-bond donors (Lipinski definition) is 0. The summed E-state index contributed by atoms with van der Waals surface area (Å²) >= 11 is 0. The molecule has 0 aliphatic heterocycles. The van der Waals surface area contributed by atoms with Crippen LogP contribution in [0.25, 0.3) is 0 Å². The van der Waals surface area contributed by atoms with E-state index in [1.807, 2.05) is 38.1 Å². The number of ether oxygens (including phenoxy) is 1. The minimum Gasteiger partial charge on any atom is -0.490 e. The highest BCUT2D eigenvalue weighted by Crippen LogP contribution is 2.27. The van der Waals surface area contributed by atoms with Crippen molar-refractivity contribution in [2.75, 3.05) is 0 Å². The number of rotatable bonds is 4. The van der Waals surface area contributed by atoms with Crippen LogP contribution in [0.15, 0.2) is 29.2 Å². The van der Waals surface area contributed by atoms with Crippen LogP contribution in [-0.2, 0) is 10.8 Å². The normalized spacial score (nSPS) is 17.8. The second-order valence-corrected chi connectivity index (χ2v) is 6.15. The summed E-state index contributed by atoms with van der Waals surface area (Å²) in [7, 11) is -0.920. The van der Waals surface area contributed by atoms with E-state index in [-0.39, 0.29) is 5.25 Å². The molecule has 2 nitrogen and oxygen atoms in total. The largest absolute Gasteiger partial charge is 0.490 e. The van der Waals surface area contributed by atoms with Crippen LogP contribution in [0.2, 0.25) is 0 Å². The van der Waals surface area contributed by atoms with E-state index in [0.29, 0.717) is 6.10 Å². The molecule has 0 spiro atoms. The van der Waals surface area contributed by atoms with Crippen molar-refractivity contribution in [2.24, 2.45) is 0 Å². The molecule has 0 saturated heterocycles. The topological polar surface area (TPSA) is 26.3 Å². The summed E-state index contributed by atoms with van der Waals surface area (Å²) in [5, 5.41) is 0.154. The molecule has 1 aromatic rings. The van der Waals surface area contributed by atoms with Gasteiger partial charge in [-0.2, -0.15) is 0 Å². The Hall–Kier alpha value is -0.830. The molecule has 3 heteroatoms. The molecule has 82 valence electrons. The van der Waals surface area contributed by atoms with Crippen LogP contribution in [0.5, 0.6) is 5.75 Å². The predicted octanol–water partition coefficient (Wildman–Crippen LogP) is 2.74. The fraction of sp³-hybridized carbons (Fsp3) is 0.500. The molecule has 0 radical (unpaired) electrons. The highest BCUT2D eigenvalue weighted by atomic mass is 32.2. The Morgan fingerprint density at radius 3 is 2.73 bits per heavy atom. The van der Waals surface area contributed by atoms with Crippen molar-refractivity contribution >= 4 is 10.8 Å². The van der Waals surface area contributed by atoms with Gasteiger partial charge in [-0.1, -0.05) is 19.9 Å². The van der Waals surface area contributed by atoms with Gasteiger partial charge in [0.05, 0.1) is 16.9 Å². The number of hydrogen-bond acceptors (Lipinski definition) is 2. The lowest BCUT2D eigenvalue weighted by Gasteiger charge is -2.08. The predicted molar refractivity (Wildman–Crippen MR) is 61.6 cm³/mol. The quantitative estimate of drug-likeness (QED) is 0.786. The highest BCUT2D eigenvalue weighted by Gasteiger charge is 2.23. The van der Waals surface area contributed by atoms with E-state index in [1.54, 1.807) is 0 Å². The van der Waals surface area contributed by atoms with Crippen LogP contribution in [0.1, 0.15) is 26.7 Å². The van der Waals surface area contributed by atoms with Gasteiger partial charge in [0.1, 0.15) is 5.75 Å². The molecule has 1 saturated carbocycles. The minimum atomic E-state index is -0.920. The summed E-state index contributed by atoms with van der Waals surface area (Å²) in [6.07, 6.45) is 2.70. The Morgan fingerprint density at radius 2 is 2.13 bits per heavy atom. The molecule has 0 aromatic heterocycles. The average Bonchev–Trinajstić information content (AvgIpc) is 3.01. The molecule has 0 N–H and O–H groups in total. The Morgan fingerprint density at radius 1 is 1.40 bits per heavy atom. The van der Waals surface area contributed by atoms with Gasteiger partial charge < -0.3 is 4.74 Å². The second-order valence-electron chi connectivity index (χ2n) is 4.14. The fourth-order valence-corrected chi connectivity index (χ4v) is 2.31. The maximum absolute atomic E-state index is 11.9. The molecule has 0 bridgehead atoms. The van der Waals surface area contributed by atoms with Crippen molar-refractivity contribution in [3.8, 4) is 5.75 Å². The lowest BCUT2D eigenvalue weighted by Crippen LogP contribution is -2.06. The third-order valence-electron chi connectivity index (χ3n) is 2.29. The SMILES string of the molecule is CC(C)S(=O)c1cccc(OC2CC2)c1. The van der Waals surface area contributed by atoms with Crippen molar-refractivity contribution in [3.05, 3.63) is 24.3 Å². The minimum absolute atomic E-state index is 0.154. The van der Waals surface area contributed by atoms with Gasteiger partial charge in [0.2, 0.25) is 0 Å². The lowest BCUT2D eigenvalue weighted by molar-refractivity contribution is 0.302. The standard InChI is InChI=1S/C12H16O2S/c1-9(2)15(13)12-5-3-4-11(8-12)14-10-6-7-10/h3-5,8-10H,6-7H2,1-2H3. The molecular formula is C12H16O2S. The first kappa shape index (κ1) is 10.7. The number of benzene rings is 1. The first-order chi connectivity index (χ1) is 7.16. The zero-order valence-corrected chi connectivity index (χ0v) is 9.92. The van der Waals surface area contributed by atoms with Gasteiger partial charge in [0, 0.05) is 10.1 Å². The summed E-state index contributed by atoms with van der Waals surface area (Å²) in [5.41, 5.74) is 0. The van der Waals surface area contributed by atoms with Gasteiger partial charge in [0.25, 0.3) is 0 Å². The zero-order valence-electron chi connectivity index (χ0n) is 9.10. The van der Waals surface area contributed by atoms with Gasteiger partial charge >= 0.3 is 0 Å². The molecule has 2 rings (SSSR count). The molecule has 1 unspecified atom stereocenters. The monoisotopic (exact) mass is 224 g/mol. The highest BCUT2D eigenvalue weighted by molar-refractivity contribution is 7.85. The fourth-order valence-electron chi connectivity index (χ4n) is 1.32. The summed E-state index contributed by atoms with van der Waals surface area (Å²) in [5.74, 6) is 0.851. The van der Waals surface area contributed by atoms with Crippen LogP contribution in [-0.4, -0.2) is 15.6 Å². The summed E-state index contributed by atoms with van der Waals surface area (Å²) in [6.45, 7) is 3.93. The van der Waals surface area contributed by atoms with Crippen molar-refractivity contribution < 1.29 is 8.95 Å². The summed E-state index contributed by atoms with van der Waals surface area (Å²) in [6, 6.07) is 7.64. The Kier molecular flexibility index (Phi) is 3.10. The summed E-state index contributed by atoms with van der Waals surface area (Å²) in [4.78, 5) is 0.864. The lowest BCUT2D eigenvalue weighted by atomic mass is 10.3. The molecule has 1 aliphatic rings. The molecule has 15 heavy (non-hydrogen) atoms. The Bertz CT molecular complexity index is 370. The molecule has 0 heterocycles. The summed E-state index contributed by atoms with van der Waals surface area (Å²) < 4.78 is 17.5. The van der Waals surface area contributed by atoms with E-state index in [9.17, 15) is 4.21 Å². The van der Waals surface area contributed by atoms with E-state index in [4.69, 9.17) is 4.74 Å². The molecule has 1 aromatic carbocycles. The molecule has 1 aliphatic carbocycles. The van der Waals surface area contributed by atoms with E-state index in [1.165, 1.54) is 0 Å². The average molecular weight is 224 g/mol. The van der Waals surface area contributed by atoms with Crippen LogP contribution < -0.4 is 4.74 Å². The van der Waals surface area contributed by atoms with Crippen LogP contribution in [0.4, 0.5) is 0 Å². The maximum atomic E-state index is 11.9. The van der Waals surface area contributed by atoms with Crippen molar-refractivity contribution in [2.45, 2.75) is 42.9 Å². The first-order valence-corrected chi connectivity index (χ1v) is 6.55. The van der Waals surface area contributed by atoms with E-state index >= 15 is 0 Å². The third-order valence-corrected chi connectivity index (χ3v) is 3.87. The van der Waals surface area contributed by atoms with Gasteiger partial charge in [-0.15, -0.1) is 0 Å². The molecule has 1 fully saturated rings. The third kappa shape index (κ3) is 2.81. The zero-order chi connectivity index (χ0) is 10.8. The first-order valence-electron chi connectivity index (χ1n) is 5.34. The van der Waals surface area contributed by atoms with E-state index in [0.717, 1.165) is 23.5 Å². The van der Waals surface area contributed by atoms with Crippen LogP contribution in [0, 0.1) is 0 Å². The van der Waals surface area contributed by atoms with Crippen LogP contribution in [0.3, 0.4) is 0 Å². The van der Waals surface area contributed by atoms with Gasteiger partial charge in [-0.25, -0.2) is 0 Å². The Labute approximate surface area is 93.1 Å². The van der Waals surface area contributed by atoms with Gasteiger partial charge in [-0.3, -0.25) is 4.21 Å². The van der Waals surface area contributed by atoms with E-state index in [2.05, 4.69) is 0 Å².